The van der Waals surface area contributed by atoms with E-state index in [1.165, 1.54) is 5.56 Å². The molecule has 102 valence electrons. The normalized spacial score (nSPS) is 11.4. The van der Waals surface area contributed by atoms with Gasteiger partial charge < -0.3 is 10.5 Å². The highest BCUT2D eigenvalue weighted by Crippen LogP contribution is 2.21. The summed E-state index contributed by atoms with van der Waals surface area (Å²) < 4.78 is 6.28. The zero-order chi connectivity index (χ0) is 13.5. The lowest BCUT2D eigenvalue weighted by Gasteiger charge is -2.24. The Morgan fingerprint density at radius 1 is 1.39 bits per heavy atom. The van der Waals surface area contributed by atoms with Crippen molar-refractivity contribution in [2.45, 2.75) is 20.4 Å². The third kappa shape index (κ3) is 5.38. The molecule has 0 heterocycles. The summed E-state index contributed by atoms with van der Waals surface area (Å²) in [6.07, 6.45) is 0. The van der Waals surface area contributed by atoms with Crippen molar-refractivity contribution in [1.82, 2.24) is 4.90 Å². The maximum absolute atomic E-state index is 5.84. The third-order valence-electron chi connectivity index (χ3n) is 2.70. The van der Waals surface area contributed by atoms with Crippen molar-refractivity contribution in [3.8, 4) is 0 Å². The van der Waals surface area contributed by atoms with Crippen molar-refractivity contribution in [2.24, 2.45) is 5.92 Å². The minimum absolute atomic E-state index is 0.640. The molecule has 0 aliphatic heterocycles. The van der Waals surface area contributed by atoms with Crippen LogP contribution >= 0.6 is 15.9 Å². The average molecular weight is 315 g/mol. The minimum Gasteiger partial charge on any atom is -0.399 e. The highest BCUT2D eigenvalue weighted by molar-refractivity contribution is 9.10. The fourth-order valence-corrected chi connectivity index (χ4v) is 2.30. The van der Waals surface area contributed by atoms with Gasteiger partial charge in [0.25, 0.3) is 0 Å². The number of rotatable bonds is 7. The largest absolute Gasteiger partial charge is 0.399 e. The third-order valence-corrected chi connectivity index (χ3v) is 3.47. The van der Waals surface area contributed by atoms with Crippen LogP contribution in [0.4, 0.5) is 5.69 Å². The molecular weight excluding hydrogens is 292 g/mol. The first-order valence-corrected chi connectivity index (χ1v) is 7.07. The van der Waals surface area contributed by atoms with Gasteiger partial charge >= 0.3 is 0 Å². The molecule has 0 atom stereocenters. The Hall–Kier alpha value is -0.580. The van der Waals surface area contributed by atoms with Gasteiger partial charge in [-0.2, -0.15) is 0 Å². The maximum Gasteiger partial charge on any atom is 0.0589 e. The Kier molecular flexibility index (Phi) is 6.68. The number of nitrogens with zero attached hydrogens (tertiary/aromatic N) is 1. The van der Waals surface area contributed by atoms with Gasteiger partial charge in [0, 0.05) is 36.9 Å². The number of anilines is 1. The number of halogens is 1. The number of nitrogens with two attached hydrogens (primary N) is 1. The number of nitrogen functional groups attached to an aromatic ring is 1. The van der Waals surface area contributed by atoms with Gasteiger partial charge in [-0.1, -0.05) is 29.8 Å². The molecule has 0 saturated carbocycles. The van der Waals surface area contributed by atoms with E-state index in [1.54, 1.807) is 7.11 Å². The lowest BCUT2D eigenvalue weighted by Crippen LogP contribution is -2.30. The molecular formula is C14H23BrN2O. The molecule has 1 aromatic carbocycles. The van der Waals surface area contributed by atoms with E-state index in [9.17, 15) is 0 Å². The monoisotopic (exact) mass is 314 g/mol. The first-order valence-electron chi connectivity index (χ1n) is 6.28. The van der Waals surface area contributed by atoms with Gasteiger partial charge in [0.1, 0.15) is 0 Å². The van der Waals surface area contributed by atoms with Crippen molar-refractivity contribution >= 4 is 21.6 Å². The molecule has 0 aliphatic rings. The number of benzene rings is 1. The summed E-state index contributed by atoms with van der Waals surface area (Å²) in [6, 6.07) is 5.95. The van der Waals surface area contributed by atoms with Crippen LogP contribution in [-0.2, 0) is 11.3 Å². The molecule has 1 aromatic rings. The van der Waals surface area contributed by atoms with Crippen LogP contribution in [0.1, 0.15) is 19.4 Å². The molecule has 0 aliphatic carbocycles. The Bertz CT molecular complexity index is 369. The molecule has 1 rings (SSSR count). The second kappa shape index (κ2) is 7.77. The fourth-order valence-electron chi connectivity index (χ4n) is 1.93. The Balaban J connectivity index is 2.71. The Morgan fingerprint density at radius 3 is 2.72 bits per heavy atom. The van der Waals surface area contributed by atoms with Crippen LogP contribution in [0.5, 0.6) is 0 Å². The standard InChI is InChI=1S/C14H23BrN2O/c1-11(2)9-17(6-7-18-3)10-12-8-13(16)4-5-14(12)15/h4-5,8,11H,6-7,9-10,16H2,1-3H3. The van der Waals surface area contributed by atoms with Crippen molar-refractivity contribution in [3.05, 3.63) is 28.2 Å². The van der Waals surface area contributed by atoms with E-state index in [0.29, 0.717) is 5.92 Å². The molecule has 0 spiro atoms. The molecule has 3 nitrogen and oxygen atoms in total. The number of hydrogen-bond donors (Lipinski definition) is 1. The van der Waals surface area contributed by atoms with Crippen molar-refractivity contribution < 1.29 is 4.74 Å². The second-order valence-electron chi connectivity index (χ2n) is 4.97. The average Bonchev–Trinajstić information content (AvgIpc) is 2.30. The topological polar surface area (TPSA) is 38.5 Å². The fraction of sp³-hybridized carbons (Fsp3) is 0.571. The summed E-state index contributed by atoms with van der Waals surface area (Å²) >= 11 is 3.58. The van der Waals surface area contributed by atoms with E-state index < -0.39 is 0 Å². The van der Waals surface area contributed by atoms with Gasteiger partial charge in [-0.15, -0.1) is 0 Å². The number of ether oxygens (including phenoxy) is 1. The zero-order valence-corrected chi connectivity index (χ0v) is 13.0. The van der Waals surface area contributed by atoms with E-state index >= 15 is 0 Å². The van der Waals surface area contributed by atoms with Crippen LogP contribution < -0.4 is 5.73 Å². The van der Waals surface area contributed by atoms with E-state index in [-0.39, 0.29) is 0 Å². The van der Waals surface area contributed by atoms with Gasteiger partial charge in [0.05, 0.1) is 6.61 Å². The summed E-state index contributed by atoms with van der Waals surface area (Å²) in [5.74, 6) is 0.640. The van der Waals surface area contributed by atoms with Gasteiger partial charge in [-0.05, 0) is 29.7 Å². The molecule has 0 amide bonds. The smallest absolute Gasteiger partial charge is 0.0589 e. The van der Waals surface area contributed by atoms with E-state index in [4.69, 9.17) is 10.5 Å². The lowest BCUT2D eigenvalue weighted by atomic mass is 10.1. The highest BCUT2D eigenvalue weighted by atomic mass is 79.9. The van der Waals surface area contributed by atoms with Crippen LogP contribution in [0, 0.1) is 5.92 Å². The molecule has 0 saturated heterocycles. The molecule has 0 radical (unpaired) electrons. The van der Waals surface area contributed by atoms with Crippen LogP contribution in [0.25, 0.3) is 0 Å². The van der Waals surface area contributed by atoms with Crippen molar-refractivity contribution in [2.75, 3.05) is 32.5 Å². The first-order chi connectivity index (χ1) is 8.52. The molecule has 0 bridgehead atoms. The first kappa shape index (κ1) is 15.5. The molecule has 4 heteroatoms. The summed E-state index contributed by atoms with van der Waals surface area (Å²) in [5.41, 5.74) is 7.88. The summed E-state index contributed by atoms with van der Waals surface area (Å²) in [7, 11) is 1.74. The molecule has 0 unspecified atom stereocenters. The quantitative estimate of drug-likeness (QED) is 0.786. The second-order valence-corrected chi connectivity index (χ2v) is 5.83. The predicted molar refractivity (Wildman–Crippen MR) is 80.5 cm³/mol. The van der Waals surface area contributed by atoms with Crippen molar-refractivity contribution in [3.63, 3.8) is 0 Å². The predicted octanol–water partition coefficient (Wildman–Crippen LogP) is 3.14. The van der Waals surface area contributed by atoms with E-state index in [0.717, 1.165) is 36.4 Å². The molecule has 2 N–H and O–H groups in total. The van der Waals surface area contributed by atoms with Gasteiger partial charge in [0.2, 0.25) is 0 Å². The molecule has 0 fully saturated rings. The lowest BCUT2D eigenvalue weighted by molar-refractivity contribution is 0.136. The minimum atomic E-state index is 0.640. The number of hydrogen-bond acceptors (Lipinski definition) is 3. The van der Waals surface area contributed by atoms with E-state index in [2.05, 4.69) is 34.7 Å². The van der Waals surface area contributed by atoms with Crippen LogP contribution in [0.3, 0.4) is 0 Å². The van der Waals surface area contributed by atoms with Gasteiger partial charge in [-0.25, -0.2) is 0 Å². The molecule has 0 aromatic heterocycles. The van der Waals surface area contributed by atoms with Gasteiger partial charge in [0.15, 0.2) is 0 Å². The SMILES string of the molecule is COCCN(Cc1cc(N)ccc1Br)CC(C)C. The summed E-state index contributed by atoms with van der Waals surface area (Å²) in [6.45, 7) is 8.11. The number of methoxy groups -OCH3 is 1. The van der Waals surface area contributed by atoms with Crippen LogP contribution in [0.2, 0.25) is 0 Å². The summed E-state index contributed by atoms with van der Waals surface area (Å²) in [4.78, 5) is 2.40. The summed E-state index contributed by atoms with van der Waals surface area (Å²) in [5, 5.41) is 0. The Labute approximate surface area is 118 Å². The highest BCUT2D eigenvalue weighted by Gasteiger charge is 2.10. The van der Waals surface area contributed by atoms with Gasteiger partial charge in [-0.3, -0.25) is 4.90 Å². The zero-order valence-electron chi connectivity index (χ0n) is 11.4. The maximum atomic E-state index is 5.84. The van der Waals surface area contributed by atoms with Crippen molar-refractivity contribution in [1.29, 1.82) is 0 Å². The van der Waals surface area contributed by atoms with Crippen LogP contribution in [-0.4, -0.2) is 31.7 Å². The Morgan fingerprint density at radius 2 is 2.11 bits per heavy atom. The molecule has 18 heavy (non-hydrogen) atoms. The van der Waals surface area contributed by atoms with Crippen LogP contribution in [0.15, 0.2) is 22.7 Å². The van der Waals surface area contributed by atoms with E-state index in [1.807, 2.05) is 18.2 Å².